The van der Waals surface area contributed by atoms with Crippen LogP contribution in [0.4, 0.5) is 0 Å². The molecule has 1 aromatic heterocycles. The lowest BCUT2D eigenvalue weighted by Crippen LogP contribution is -2.34. The third-order valence-corrected chi connectivity index (χ3v) is 7.92. The zero-order chi connectivity index (χ0) is 27.1. The molecule has 1 saturated carbocycles. The summed E-state index contributed by atoms with van der Waals surface area (Å²) in [4.78, 5) is 27.4. The molecule has 0 bridgehead atoms. The Morgan fingerprint density at radius 2 is 1.84 bits per heavy atom. The molecule has 0 unspecified atom stereocenters. The first-order valence-corrected chi connectivity index (χ1v) is 13.3. The summed E-state index contributed by atoms with van der Waals surface area (Å²) >= 11 is 0. The van der Waals surface area contributed by atoms with E-state index in [-0.39, 0.29) is 17.4 Å². The Kier molecular flexibility index (Phi) is 6.60. The van der Waals surface area contributed by atoms with E-state index in [1.165, 1.54) is 18.2 Å². The van der Waals surface area contributed by atoms with Crippen LogP contribution in [-0.2, 0) is 25.9 Å². The van der Waals surface area contributed by atoms with Gasteiger partial charge in [0.2, 0.25) is 0 Å². The maximum absolute atomic E-state index is 13.1. The summed E-state index contributed by atoms with van der Waals surface area (Å²) in [6, 6.07) is 15.5. The van der Waals surface area contributed by atoms with Gasteiger partial charge in [0, 0.05) is 53.5 Å². The number of H-pyrrole nitrogens is 1. The van der Waals surface area contributed by atoms with Crippen molar-refractivity contribution in [1.29, 1.82) is 5.26 Å². The van der Waals surface area contributed by atoms with Gasteiger partial charge in [0.05, 0.1) is 11.8 Å². The summed E-state index contributed by atoms with van der Waals surface area (Å²) in [5.41, 5.74) is 8.45. The highest BCUT2D eigenvalue weighted by Crippen LogP contribution is 2.39. The molecule has 0 spiro atoms. The van der Waals surface area contributed by atoms with Gasteiger partial charge in [-0.1, -0.05) is 32.0 Å². The number of carbonyl (C=O) groups excluding carboxylic acids is 2. The van der Waals surface area contributed by atoms with Crippen molar-refractivity contribution < 1.29 is 9.59 Å². The van der Waals surface area contributed by atoms with Crippen LogP contribution in [0.5, 0.6) is 0 Å². The number of hydrogen-bond donors (Lipinski definition) is 2. The monoisotopic (exact) mass is 509 g/mol. The molecule has 1 aliphatic heterocycles. The molecule has 6 rings (SSSR count). The van der Waals surface area contributed by atoms with Crippen LogP contribution < -0.4 is 5.32 Å². The Morgan fingerprint density at radius 3 is 2.53 bits per heavy atom. The quantitative estimate of drug-likeness (QED) is 0.470. The molecule has 3 aromatic rings. The van der Waals surface area contributed by atoms with E-state index < -0.39 is 0 Å². The number of amides is 2. The molecule has 2 amide bonds. The average molecular weight is 510 g/mol. The van der Waals surface area contributed by atoms with Gasteiger partial charge in [0.25, 0.3) is 11.8 Å². The van der Waals surface area contributed by atoms with Crippen LogP contribution in [0.25, 0.3) is 11.3 Å². The lowest BCUT2D eigenvalue weighted by Gasteiger charge is -2.29. The molecule has 0 saturated heterocycles. The van der Waals surface area contributed by atoms with Crippen LogP contribution >= 0.6 is 0 Å². The Hall–Kier alpha value is -3.92. The zero-order valence-corrected chi connectivity index (χ0v) is 22.6. The zero-order valence-electron chi connectivity index (χ0n) is 22.6. The molecule has 0 radical (unpaired) electrons. The van der Waals surface area contributed by atoms with Crippen molar-refractivity contribution in [2.45, 2.75) is 78.4 Å². The van der Waals surface area contributed by atoms with Gasteiger partial charge < -0.3 is 10.2 Å². The first-order chi connectivity index (χ1) is 18.1. The number of fused-ring (bicyclic) bond motifs is 2. The molecule has 2 heterocycles. The maximum Gasteiger partial charge on any atom is 0.254 e. The molecule has 7 nitrogen and oxygen atoms in total. The third kappa shape index (κ3) is 5.22. The number of aromatic amines is 1. The Bertz CT molecular complexity index is 1420. The molecular weight excluding hydrogens is 474 g/mol. The smallest absolute Gasteiger partial charge is 0.254 e. The summed E-state index contributed by atoms with van der Waals surface area (Å²) in [6.07, 6.45) is 5.29. The standard InChI is InChI=1S/C29H32N4O2.C2H3N/c1-28(2)11-10-23-24(15-28)31-32-25(23)20-8-9-22-21(14-20)17-33(27(22)35)16-18-4-6-19(7-5-18)26(34)30-29(3)12-13-29;1-2-3/h4-9,14H,10-13,15-17H2,1-3H3,(H,30,34)(H,31,32);1H3. The Labute approximate surface area is 224 Å². The minimum Gasteiger partial charge on any atom is -0.347 e. The molecule has 1 fully saturated rings. The highest BCUT2D eigenvalue weighted by atomic mass is 16.2. The van der Waals surface area contributed by atoms with E-state index in [0.29, 0.717) is 24.1 Å². The van der Waals surface area contributed by atoms with Crippen molar-refractivity contribution in [2.75, 3.05) is 0 Å². The van der Waals surface area contributed by atoms with Crippen LogP contribution in [0.3, 0.4) is 0 Å². The van der Waals surface area contributed by atoms with E-state index in [1.807, 2.05) is 41.3 Å². The number of rotatable bonds is 5. The fraction of sp³-hybridized carbons (Fsp3) is 0.419. The highest BCUT2D eigenvalue weighted by Gasteiger charge is 2.38. The Morgan fingerprint density at radius 1 is 1.13 bits per heavy atom. The van der Waals surface area contributed by atoms with Crippen LogP contribution in [0.2, 0.25) is 0 Å². The first-order valence-electron chi connectivity index (χ1n) is 13.3. The second-order valence-corrected chi connectivity index (χ2v) is 11.8. The SMILES string of the molecule is CC#N.CC1(C)CCc2c(-c3ccc4c(c3)CN(Cc3ccc(C(=O)NC5(C)CC5)cc3)C4=O)n[nH]c2C1. The van der Waals surface area contributed by atoms with Gasteiger partial charge in [0.1, 0.15) is 0 Å². The number of carbonyl (C=O) groups is 2. The molecular formula is C31H35N5O2. The third-order valence-electron chi connectivity index (χ3n) is 7.92. The predicted molar refractivity (Wildman–Crippen MR) is 146 cm³/mol. The first kappa shape index (κ1) is 25.7. The van der Waals surface area contributed by atoms with E-state index in [1.54, 1.807) is 6.07 Å². The summed E-state index contributed by atoms with van der Waals surface area (Å²) in [6.45, 7) is 9.23. The minimum atomic E-state index is -0.0336. The molecule has 7 heteroatoms. The second kappa shape index (κ2) is 9.75. The van der Waals surface area contributed by atoms with Crippen LogP contribution in [-0.4, -0.2) is 32.5 Å². The van der Waals surface area contributed by atoms with Gasteiger partial charge >= 0.3 is 0 Å². The number of nitriles is 1. The second-order valence-electron chi connectivity index (χ2n) is 11.8. The van der Waals surface area contributed by atoms with E-state index in [4.69, 9.17) is 5.26 Å². The van der Waals surface area contributed by atoms with Crippen molar-refractivity contribution >= 4 is 11.8 Å². The topological polar surface area (TPSA) is 102 Å². The van der Waals surface area contributed by atoms with E-state index in [9.17, 15) is 9.59 Å². The van der Waals surface area contributed by atoms with Gasteiger partial charge in [0.15, 0.2) is 0 Å². The summed E-state index contributed by atoms with van der Waals surface area (Å²) < 4.78 is 0. The molecule has 196 valence electrons. The van der Waals surface area contributed by atoms with E-state index in [0.717, 1.165) is 60.1 Å². The van der Waals surface area contributed by atoms with Crippen LogP contribution in [0, 0.1) is 16.7 Å². The van der Waals surface area contributed by atoms with Crippen molar-refractivity contribution in [3.8, 4) is 17.3 Å². The largest absolute Gasteiger partial charge is 0.347 e. The summed E-state index contributed by atoms with van der Waals surface area (Å²) in [5.74, 6) is 0.0266. The van der Waals surface area contributed by atoms with Crippen LogP contribution in [0.1, 0.15) is 90.1 Å². The molecule has 2 aliphatic carbocycles. The van der Waals surface area contributed by atoms with Gasteiger partial charge in [-0.2, -0.15) is 10.4 Å². The minimum absolute atomic E-state index is 0.0298. The maximum atomic E-state index is 13.1. The number of aromatic nitrogens is 2. The molecule has 2 N–H and O–H groups in total. The Balaban J connectivity index is 0.000000937. The summed E-state index contributed by atoms with van der Waals surface area (Å²) in [5, 5.41) is 18.3. The van der Waals surface area contributed by atoms with Crippen LogP contribution in [0.15, 0.2) is 42.5 Å². The average Bonchev–Trinajstić information content (AvgIpc) is 3.33. The highest BCUT2D eigenvalue weighted by molar-refractivity contribution is 5.99. The summed E-state index contributed by atoms with van der Waals surface area (Å²) in [7, 11) is 0. The lowest BCUT2D eigenvalue weighted by atomic mass is 9.76. The van der Waals surface area contributed by atoms with Crippen molar-refractivity contribution in [2.24, 2.45) is 5.41 Å². The lowest BCUT2D eigenvalue weighted by molar-refractivity contribution is 0.0766. The predicted octanol–water partition coefficient (Wildman–Crippen LogP) is 5.56. The van der Waals surface area contributed by atoms with E-state index in [2.05, 4.69) is 42.4 Å². The van der Waals surface area contributed by atoms with Gasteiger partial charge in [-0.3, -0.25) is 14.7 Å². The molecule has 38 heavy (non-hydrogen) atoms. The van der Waals surface area contributed by atoms with Crippen molar-refractivity contribution in [3.63, 3.8) is 0 Å². The molecule has 2 aromatic carbocycles. The van der Waals surface area contributed by atoms with E-state index >= 15 is 0 Å². The fourth-order valence-corrected chi connectivity index (χ4v) is 5.38. The van der Waals surface area contributed by atoms with Gasteiger partial charge in [-0.25, -0.2) is 0 Å². The van der Waals surface area contributed by atoms with Crippen molar-refractivity contribution in [3.05, 3.63) is 76.0 Å². The molecule has 3 aliphatic rings. The number of nitrogens with one attached hydrogen (secondary N) is 2. The molecule has 0 atom stereocenters. The fourth-order valence-electron chi connectivity index (χ4n) is 5.38. The number of nitrogens with zero attached hydrogens (tertiary/aromatic N) is 3. The number of hydrogen-bond acceptors (Lipinski definition) is 4. The normalized spacial score (nSPS) is 18.0. The van der Waals surface area contributed by atoms with Gasteiger partial charge in [-0.05, 0) is 79.8 Å². The van der Waals surface area contributed by atoms with Gasteiger partial charge in [-0.15, -0.1) is 0 Å². The number of benzene rings is 2. The van der Waals surface area contributed by atoms with Crippen molar-refractivity contribution in [1.82, 2.24) is 20.4 Å².